The molecule has 0 N–H and O–H groups in total. The van der Waals surface area contributed by atoms with Gasteiger partial charge in [-0.05, 0) is 13.8 Å². The Bertz CT molecular complexity index is 112. The van der Waals surface area contributed by atoms with Gasteiger partial charge in [0, 0.05) is 19.3 Å². The first-order chi connectivity index (χ1) is 4.85. The molecule has 0 saturated carbocycles. The van der Waals surface area contributed by atoms with Gasteiger partial charge in [0.25, 0.3) is 0 Å². The van der Waals surface area contributed by atoms with Gasteiger partial charge in [-0.2, -0.15) is 0 Å². The van der Waals surface area contributed by atoms with Crippen LogP contribution in [0.2, 0.25) is 0 Å². The Morgan fingerprint density at radius 2 is 2.20 bits per heavy atom. The van der Waals surface area contributed by atoms with E-state index in [0.717, 1.165) is 19.5 Å². The molecule has 0 bridgehead atoms. The third-order valence-electron chi connectivity index (χ3n) is 1.18. The molecule has 0 aliphatic carbocycles. The molecule has 0 aliphatic heterocycles. The van der Waals surface area contributed by atoms with Crippen LogP contribution in [0.3, 0.4) is 0 Å². The van der Waals surface area contributed by atoms with Crippen LogP contribution in [0, 0.1) is 0 Å². The van der Waals surface area contributed by atoms with Crippen LogP contribution >= 0.6 is 0 Å². The van der Waals surface area contributed by atoms with E-state index in [1.54, 1.807) is 11.1 Å². The van der Waals surface area contributed by atoms with Crippen LogP contribution in [0.5, 0.6) is 0 Å². The Morgan fingerprint density at radius 3 is 2.60 bits per heavy atom. The lowest BCUT2D eigenvalue weighted by Crippen LogP contribution is -2.23. The fourth-order valence-corrected chi connectivity index (χ4v) is 0.538. The minimum absolute atomic E-state index is 0.633. The molecule has 0 unspecified atom stereocenters. The first kappa shape index (κ1) is 9.14. The summed E-state index contributed by atoms with van der Waals surface area (Å²) in [4.78, 5) is 15.8. The summed E-state index contributed by atoms with van der Waals surface area (Å²) in [6, 6.07) is 0. The van der Waals surface area contributed by atoms with Crippen molar-refractivity contribution in [1.29, 1.82) is 0 Å². The zero-order valence-corrected chi connectivity index (χ0v) is 6.58. The van der Waals surface area contributed by atoms with Crippen molar-refractivity contribution in [2.45, 2.75) is 13.8 Å². The van der Waals surface area contributed by atoms with Crippen LogP contribution in [0.1, 0.15) is 13.8 Å². The van der Waals surface area contributed by atoms with Crippen LogP contribution in [-0.2, 0) is 4.79 Å². The molecular weight excluding hydrogens is 128 g/mol. The van der Waals surface area contributed by atoms with Crippen LogP contribution in [0.15, 0.2) is 4.99 Å². The molecule has 0 fully saturated rings. The zero-order chi connectivity index (χ0) is 7.82. The molecule has 0 spiro atoms. The second-order valence-electron chi connectivity index (χ2n) is 1.87. The lowest BCUT2D eigenvalue weighted by atomic mass is 10.5. The molecule has 3 nitrogen and oxygen atoms in total. The molecule has 0 aliphatic rings. The number of amides is 1. The Balaban J connectivity index is 3.43. The van der Waals surface area contributed by atoms with Gasteiger partial charge in [0.1, 0.15) is 0 Å². The molecule has 3 heteroatoms. The van der Waals surface area contributed by atoms with Crippen molar-refractivity contribution >= 4 is 12.6 Å². The number of nitrogens with zero attached hydrogens (tertiary/aromatic N) is 2. The number of rotatable bonds is 5. The van der Waals surface area contributed by atoms with Gasteiger partial charge < -0.3 is 4.90 Å². The Hall–Kier alpha value is -0.860. The van der Waals surface area contributed by atoms with E-state index in [1.807, 2.05) is 13.8 Å². The van der Waals surface area contributed by atoms with Crippen LogP contribution < -0.4 is 0 Å². The summed E-state index contributed by atoms with van der Waals surface area (Å²) >= 11 is 0. The highest BCUT2D eigenvalue weighted by molar-refractivity contribution is 5.64. The standard InChI is InChI=1S/C7H14N2O/c1-3-8-5-6-9(4-2)7-10/h5,7H,3-4,6H2,1-2H3. The summed E-state index contributed by atoms with van der Waals surface area (Å²) in [5.74, 6) is 0. The van der Waals surface area contributed by atoms with E-state index in [4.69, 9.17) is 0 Å². The summed E-state index contributed by atoms with van der Waals surface area (Å²) < 4.78 is 0. The lowest BCUT2D eigenvalue weighted by Gasteiger charge is -2.09. The first-order valence-corrected chi connectivity index (χ1v) is 3.52. The van der Waals surface area contributed by atoms with Crippen LogP contribution in [0.4, 0.5) is 0 Å². The maximum Gasteiger partial charge on any atom is 0.210 e. The fourth-order valence-electron chi connectivity index (χ4n) is 0.538. The predicted octanol–water partition coefficient (Wildman–Crippen LogP) is 0.555. The van der Waals surface area contributed by atoms with E-state index in [0.29, 0.717) is 6.54 Å². The molecule has 58 valence electrons. The highest BCUT2D eigenvalue weighted by atomic mass is 16.1. The van der Waals surface area contributed by atoms with E-state index >= 15 is 0 Å². The first-order valence-electron chi connectivity index (χ1n) is 3.52. The zero-order valence-electron chi connectivity index (χ0n) is 6.58. The van der Waals surface area contributed by atoms with Crippen LogP contribution in [0.25, 0.3) is 0 Å². The van der Waals surface area contributed by atoms with Crippen molar-refractivity contribution < 1.29 is 4.79 Å². The average Bonchev–Trinajstić information content (AvgIpc) is 1.99. The minimum Gasteiger partial charge on any atom is -0.340 e. The van der Waals surface area contributed by atoms with Gasteiger partial charge in [-0.3, -0.25) is 9.79 Å². The highest BCUT2D eigenvalue weighted by Crippen LogP contribution is 1.77. The largest absolute Gasteiger partial charge is 0.340 e. The minimum atomic E-state index is 0.633. The summed E-state index contributed by atoms with van der Waals surface area (Å²) in [5.41, 5.74) is 0. The van der Waals surface area contributed by atoms with Crippen molar-refractivity contribution in [1.82, 2.24) is 4.90 Å². The number of hydrogen-bond acceptors (Lipinski definition) is 2. The molecule has 1 amide bonds. The number of carbonyl (C=O) groups excluding carboxylic acids is 1. The molecular formula is C7H14N2O. The fraction of sp³-hybridized carbons (Fsp3) is 0.714. The van der Waals surface area contributed by atoms with Gasteiger partial charge in [-0.1, -0.05) is 0 Å². The molecule has 0 rings (SSSR count). The smallest absolute Gasteiger partial charge is 0.210 e. The van der Waals surface area contributed by atoms with Gasteiger partial charge in [0.15, 0.2) is 0 Å². The van der Waals surface area contributed by atoms with E-state index in [9.17, 15) is 4.79 Å². The topological polar surface area (TPSA) is 32.7 Å². The van der Waals surface area contributed by atoms with Crippen molar-refractivity contribution in [3.8, 4) is 0 Å². The molecule has 0 aromatic carbocycles. The molecule has 0 aromatic rings. The predicted molar refractivity (Wildman–Crippen MR) is 42.3 cm³/mol. The van der Waals surface area contributed by atoms with Gasteiger partial charge in [0.05, 0.1) is 6.54 Å². The highest BCUT2D eigenvalue weighted by Gasteiger charge is 1.91. The average molecular weight is 142 g/mol. The van der Waals surface area contributed by atoms with Crippen molar-refractivity contribution in [3.63, 3.8) is 0 Å². The second-order valence-corrected chi connectivity index (χ2v) is 1.87. The number of aliphatic imine (C=N–C) groups is 1. The molecule has 0 atom stereocenters. The van der Waals surface area contributed by atoms with Crippen LogP contribution in [-0.4, -0.2) is 37.2 Å². The van der Waals surface area contributed by atoms with E-state index in [1.165, 1.54) is 0 Å². The van der Waals surface area contributed by atoms with Gasteiger partial charge in [0.2, 0.25) is 6.41 Å². The van der Waals surface area contributed by atoms with Gasteiger partial charge >= 0.3 is 0 Å². The van der Waals surface area contributed by atoms with Gasteiger partial charge in [-0.25, -0.2) is 0 Å². The number of carbonyl (C=O) groups is 1. The van der Waals surface area contributed by atoms with Crippen molar-refractivity contribution in [2.24, 2.45) is 4.99 Å². The molecule has 0 heterocycles. The molecule has 10 heavy (non-hydrogen) atoms. The normalized spacial score (nSPS) is 10.2. The second kappa shape index (κ2) is 6.26. The maximum atomic E-state index is 10.2. The molecule has 0 aromatic heterocycles. The molecule has 0 radical (unpaired) electrons. The SMILES string of the molecule is CCN=CCN(C=O)CC. The summed E-state index contributed by atoms with van der Waals surface area (Å²) in [7, 11) is 0. The third kappa shape index (κ3) is 4.06. The quantitative estimate of drug-likeness (QED) is 0.407. The maximum absolute atomic E-state index is 10.2. The Labute approximate surface area is 61.7 Å². The summed E-state index contributed by atoms with van der Waals surface area (Å²) in [5, 5.41) is 0. The summed E-state index contributed by atoms with van der Waals surface area (Å²) in [6.07, 6.45) is 2.60. The molecule has 0 saturated heterocycles. The van der Waals surface area contributed by atoms with Gasteiger partial charge in [-0.15, -0.1) is 0 Å². The lowest BCUT2D eigenvalue weighted by molar-refractivity contribution is -0.117. The Morgan fingerprint density at radius 1 is 1.50 bits per heavy atom. The van der Waals surface area contributed by atoms with E-state index in [2.05, 4.69) is 4.99 Å². The van der Waals surface area contributed by atoms with E-state index < -0.39 is 0 Å². The third-order valence-corrected chi connectivity index (χ3v) is 1.18. The monoisotopic (exact) mass is 142 g/mol. The van der Waals surface area contributed by atoms with Crippen molar-refractivity contribution in [2.75, 3.05) is 19.6 Å². The van der Waals surface area contributed by atoms with E-state index in [-0.39, 0.29) is 0 Å². The van der Waals surface area contributed by atoms with Crippen molar-refractivity contribution in [3.05, 3.63) is 0 Å². The number of hydrogen-bond donors (Lipinski definition) is 0. The Kier molecular flexibility index (Phi) is 5.72. The summed E-state index contributed by atoms with van der Waals surface area (Å²) in [6.45, 7) is 6.07.